The lowest BCUT2D eigenvalue weighted by atomic mass is 9.78. The van der Waals surface area contributed by atoms with Gasteiger partial charge in [0.15, 0.2) is 6.61 Å². The Kier molecular flexibility index (Phi) is 5.87. The molecular weight excluding hydrogens is 384 g/mol. The Morgan fingerprint density at radius 3 is 2.73 bits per heavy atom. The molecule has 4 rings (SSSR count). The number of amides is 1. The minimum absolute atomic E-state index is 0.0616. The molecule has 9 heteroatoms. The number of esters is 1. The van der Waals surface area contributed by atoms with Crippen LogP contribution in [0.25, 0.3) is 5.78 Å². The monoisotopic (exact) mass is 414 g/mol. The van der Waals surface area contributed by atoms with E-state index in [0.29, 0.717) is 24.2 Å². The topological polar surface area (TPSA) is 116 Å². The van der Waals surface area contributed by atoms with Crippen molar-refractivity contribution >= 4 is 23.6 Å². The fraction of sp³-hybridized carbons (Fsp3) is 0.667. The first-order chi connectivity index (χ1) is 14.4. The van der Waals surface area contributed by atoms with E-state index < -0.39 is 0 Å². The number of aryl methyl sites for hydroxylation is 2. The highest BCUT2D eigenvalue weighted by molar-refractivity contribution is 5.81. The number of nitrogens with zero attached hydrogens (tertiary/aromatic N) is 5. The largest absolute Gasteiger partial charge is 0.456 e. The van der Waals surface area contributed by atoms with Crippen molar-refractivity contribution in [3.63, 3.8) is 0 Å². The molecule has 1 aliphatic heterocycles. The molecule has 9 nitrogen and oxygen atoms in total. The van der Waals surface area contributed by atoms with Crippen LogP contribution in [0.5, 0.6) is 0 Å². The van der Waals surface area contributed by atoms with E-state index in [0.717, 1.165) is 36.3 Å². The number of likely N-dealkylation sites (tertiary alicyclic amines) is 1. The number of piperidine rings is 1. The lowest BCUT2D eigenvalue weighted by Gasteiger charge is -2.44. The molecule has 30 heavy (non-hydrogen) atoms. The number of aromatic nitrogens is 4. The molecular formula is C21H30N6O3. The molecule has 1 saturated carbocycles. The number of hydrogen-bond acceptors (Lipinski definition) is 7. The van der Waals surface area contributed by atoms with Crippen molar-refractivity contribution < 1.29 is 14.3 Å². The highest BCUT2D eigenvalue weighted by Crippen LogP contribution is 2.35. The quantitative estimate of drug-likeness (QED) is 0.744. The van der Waals surface area contributed by atoms with Gasteiger partial charge in [0.25, 0.3) is 11.7 Å². The number of hydrogen-bond donors (Lipinski definition) is 1. The minimum Gasteiger partial charge on any atom is -0.456 e. The van der Waals surface area contributed by atoms with E-state index in [-0.39, 0.29) is 30.9 Å². The molecule has 0 bridgehead atoms. The van der Waals surface area contributed by atoms with Crippen LogP contribution in [0.15, 0.2) is 0 Å². The van der Waals surface area contributed by atoms with E-state index in [4.69, 9.17) is 10.5 Å². The Morgan fingerprint density at radius 2 is 1.90 bits per heavy atom. The zero-order valence-corrected chi connectivity index (χ0v) is 17.8. The van der Waals surface area contributed by atoms with E-state index in [1.165, 1.54) is 25.7 Å². The highest BCUT2D eigenvalue weighted by Gasteiger charge is 2.35. The number of ether oxygens (including phenoxy) is 1. The van der Waals surface area contributed by atoms with Crippen LogP contribution >= 0.6 is 0 Å². The summed E-state index contributed by atoms with van der Waals surface area (Å²) in [4.78, 5) is 35.4. The molecule has 0 radical (unpaired) electrons. The van der Waals surface area contributed by atoms with Crippen molar-refractivity contribution in [2.45, 2.75) is 71.3 Å². The molecule has 2 atom stereocenters. The molecule has 2 fully saturated rings. The van der Waals surface area contributed by atoms with Crippen molar-refractivity contribution in [3.05, 3.63) is 17.0 Å². The first kappa shape index (κ1) is 20.6. The molecule has 0 aromatic carbocycles. The number of rotatable bonds is 5. The van der Waals surface area contributed by atoms with E-state index >= 15 is 0 Å². The summed E-state index contributed by atoms with van der Waals surface area (Å²) >= 11 is 0. The number of nitrogen functional groups attached to an aromatic ring is 1. The van der Waals surface area contributed by atoms with Gasteiger partial charge in [-0.15, -0.1) is 5.10 Å². The Bertz CT molecular complexity index is 954. The molecule has 2 aromatic heterocycles. The van der Waals surface area contributed by atoms with Crippen molar-refractivity contribution in [1.82, 2.24) is 24.5 Å². The van der Waals surface area contributed by atoms with Gasteiger partial charge in [-0.2, -0.15) is 9.50 Å². The summed E-state index contributed by atoms with van der Waals surface area (Å²) in [6.07, 6.45) is 7.62. The van der Waals surface area contributed by atoms with Crippen LogP contribution in [0.3, 0.4) is 0 Å². The van der Waals surface area contributed by atoms with Crippen LogP contribution in [-0.4, -0.2) is 55.6 Å². The van der Waals surface area contributed by atoms with Gasteiger partial charge in [-0.1, -0.05) is 12.8 Å². The lowest BCUT2D eigenvalue weighted by molar-refractivity contribution is -0.154. The SMILES string of the molecule is Cc1nc2nc(N)nn2c(C)c1CCC(=O)OCC(=O)N1CCC[C@@H]2CCCC[C@@H]21. The van der Waals surface area contributed by atoms with Crippen LogP contribution < -0.4 is 5.73 Å². The Balaban J connectivity index is 1.32. The van der Waals surface area contributed by atoms with Gasteiger partial charge >= 0.3 is 5.97 Å². The molecule has 3 heterocycles. The van der Waals surface area contributed by atoms with E-state index in [1.807, 2.05) is 18.7 Å². The van der Waals surface area contributed by atoms with Crippen molar-refractivity contribution in [3.8, 4) is 0 Å². The van der Waals surface area contributed by atoms with Crippen LogP contribution in [0.1, 0.15) is 61.9 Å². The zero-order chi connectivity index (χ0) is 21.3. The van der Waals surface area contributed by atoms with E-state index in [1.54, 1.807) is 4.52 Å². The van der Waals surface area contributed by atoms with Crippen molar-refractivity contribution in [2.75, 3.05) is 18.9 Å². The number of anilines is 1. The second kappa shape index (κ2) is 8.57. The smallest absolute Gasteiger partial charge is 0.306 e. The van der Waals surface area contributed by atoms with E-state index in [9.17, 15) is 9.59 Å². The van der Waals surface area contributed by atoms with Crippen molar-refractivity contribution in [1.29, 1.82) is 0 Å². The fourth-order valence-corrected chi connectivity index (χ4v) is 5.04. The second-order valence-electron chi connectivity index (χ2n) is 8.44. The van der Waals surface area contributed by atoms with E-state index in [2.05, 4.69) is 15.1 Å². The summed E-state index contributed by atoms with van der Waals surface area (Å²) in [6, 6.07) is 0.330. The maximum absolute atomic E-state index is 12.7. The average molecular weight is 415 g/mol. The van der Waals surface area contributed by atoms with Gasteiger partial charge in [-0.05, 0) is 57.4 Å². The van der Waals surface area contributed by atoms with Gasteiger partial charge in [-0.3, -0.25) is 9.59 Å². The zero-order valence-electron chi connectivity index (χ0n) is 17.8. The molecule has 1 aliphatic carbocycles. The third kappa shape index (κ3) is 4.11. The second-order valence-corrected chi connectivity index (χ2v) is 8.44. The number of nitrogens with two attached hydrogens (primary N) is 1. The third-order valence-corrected chi connectivity index (χ3v) is 6.56. The normalized spacial score (nSPS) is 21.5. The summed E-state index contributed by atoms with van der Waals surface area (Å²) in [5.41, 5.74) is 8.21. The number of carbonyl (C=O) groups excluding carboxylic acids is 2. The summed E-state index contributed by atoms with van der Waals surface area (Å²) in [6.45, 7) is 4.38. The molecule has 1 saturated heterocycles. The Hall–Kier alpha value is -2.71. The number of carbonyl (C=O) groups is 2. The molecule has 1 amide bonds. The maximum atomic E-state index is 12.7. The average Bonchev–Trinajstić information content (AvgIpc) is 3.11. The molecule has 2 aromatic rings. The van der Waals surface area contributed by atoms with Gasteiger partial charge in [0.05, 0.1) is 0 Å². The summed E-state index contributed by atoms with van der Waals surface area (Å²) in [5, 5.41) is 4.14. The summed E-state index contributed by atoms with van der Waals surface area (Å²) in [5.74, 6) is 0.789. The van der Waals surface area contributed by atoms with Crippen molar-refractivity contribution in [2.24, 2.45) is 5.92 Å². The molecule has 0 unspecified atom stereocenters. The summed E-state index contributed by atoms with van der Waals surface area (Å²) < 4.78 is 6.91. The highest BCUT2D eigenvalue weighted by atomic mass is 16.5. The lowest BCUT2D eigenvalue weighted by Crippen LogP contribution is -2.50. The van der Waals surface area contributed by atoms with Crippen LogP contribution in [0.4, 0.5) is 5.95 Å². The molecule has 162 valence electrons. The minimum atomic E-state index is -0.377. The van der Waals surface area contributed by atoms with Gasteiger partial charge < -0.3 is 15.4 Å². The fourth-order valence-electron chi connectivity index (χ4n) is 5.04. The Labute approximate surface area is 176 Å². The van der Waals surface area contributed by atoms with Gasteiger partial charge in [-0.25, -0.2) is 4.98 Å². The van der Waals surface area contributed by atoms with Gasteiger partial charge in [0.2, 0.25) is 5.95 Å². The molecule has 2 aliphatic rings. The number of fused-ring (bicyclic) bond motifs is 2. The summed E-state index contributed by atoms with van der Waals surface area (Å²) in [7, 11) is 0. The van der Waals surface area contributed by atoms with Gasteiger partial charge in [0, 0.05) is 30.4 Å². The predicted molar refractivity (Wildman–Crippen MR) is 111 cm³/mol. The van der Waals surface area contributed by atoms with Crippen LogP contribution in [0, 0.1) is 19.8 Å². The molecule has 0 spiro atoms. The van der Waals surface area contributed by atoms with Crippen LogP contribution in [0.2, 0.25) is 0 Å². The Morgan fingerprint density at radius 1 is 1.13 bits per heavy atom. The first-order valence-corrected chi connectivity index (χ1v) is 10.9. The van der Waals surface area contributed by atoms with Gasteiger partial charge in [0.1, 0.15) is 0 Å². The maximum Gasteiger partial charge on any atom is 0.306 e. The predicted octanol–water partition coefficient (Wildman–Crippen LogP) is 1.98. The first-order valence-electron chi connectivity index (χ1n) is 10.9. The standard InChI is InChI=1S/C21H30N6O3/c1-13-16(14(2)27-21(23-13)24-20(22)25-27)9-10-19(29)30-12-18(28)26-11-5-7-15-6-3-4-8-17(15)26/h15,17H,3-12H2,1-2H3,(H2,22,25)/t15-,17-/m0/s1. The third-order valence-electron chi connectivity index (χ3n) is 6.56. The van der Waals surface area contributed by atoms with Crippen LogP contribution in [-0.2, 0) is 20.7 Å². The molecule has 2 N–H and O–H groups in total.